The smallest absolute Gasteiger partial charge is 0.0632 e. The van der Waals surface area contributed by atoms with Crippen molar-refractivity contribution >= 4 is 21.6 Å². The maximum atomic E-state index is 9.03. The number of fused-ring (bicyclic) bond motifs is 1. The number of anilines is 1. The van der Waals surface area contributed by atoms with Gasteiger partial charge in [-0.3, -0.25) is 0 Å². The van der Waals surface area contributed by atoms with Crippen molar-refractivity contribution < 1.29 is 5.11 Å². The number of rotatable bonds is 1. The first-order valence-corrected chi connectivity index (χ1v) is 5.25. The number of hydrogen-bond acceptors (Lipinski definition) is 2. The first-order chi connectivity index (χ1) is 6.31. The van der Waals surface area contributed by atoms with Crippen molar-refractivity contribution in [3.63, 3.8) is 0 Å². The molecule has 1 aromatic rings. The Morgan fingerprint density at radius 1 is 1.54 bits per heavy atom. The first kappa shape index (κ1) is 9.03. The lowest BCUT2D eigenvalue weighted by Crippen LogP contribution is -2.28. The van der Waals surface area contributed by atoms with E-state index >= 15 is 0 Å². The van der Waals surface area contributed by atoms with E-state index in [2.05, 4.69) is 27.3 Å². The number of aliphatic hydroxyl groups excluding tert-OH is 1. The predicted octanol–water partition coefficient (Wildman–Crippen LogP) is 2.17. The summed E-state index contributed by atoms with van der Waals surface area (Å²) in [6.45, 7) is 0.209. The third-order valence-corrected chi connectivity index (χ3v) is 3.09. The van der Waals surface area contributed by atoms with Gasteiger partial charge in [0.05, 0.1) is 12.3 Å². The molecule has 2 nitrogen and oxygen atoms in total. The second-order valence-corrected chi connectivity index (χ2v) is 4.19. The molecule has 0 aliphatic carbocycles. The topological polar surface area (TPSA) is 32.3 Å². The fraction of sp³-hybridized carbons (Fsp3) is 0.400. The van der Waals surface area contributed by atoms with Crippen molar-refractivity contribution in [1.29, 1.82) is 0 Å². The Labute approximate surface area is 86.1 Å². The van der Waals surface area contributed by atoms with Gasteiger partial charge in [-0.15, -0.1) is 0 Å². The molecule has 1 atom stereocenters. The molecule has 1 aromatic carbocycles. The van der Waals surface area contributed by atoms with Gasteiger partial charge in [-0.25, -0.2) is 0 Å². The van der Waals surface area contributed by atoms with Crippen LogP contribution < -0.4 is 5.32 Å². The molecular formula is C10H12BrNO. The highest BCUT2D eigenvalue weighted by atomic mass is 79.9. The van der Waals surface area contributed by atoms with Crippen LogP contribution >= 0.6 is 15.9 Å². The molecule has 70 valence electrons. The lowest BCUT2D eigenvalue weighted by molar-refractivity contribution is 0.267. The van der Waals surface area contributed by atoms with Crippen LogP contribution in [0.5, 0.6) is 0 Å². The normalized spacial score (nSPS) is 20.6. The summed E-state index contributed by atoms with van der Waals surface area (Å²) in [5.74, 6) is 0. The van der Waals surface area contributed by atoms with E-state index < -0.39 is 0 Å². The molecule has 0 fully saturated rings. The lowest BCUT2D eigenvalue weighted by atomic mass is 9.99. The number of aliphatic hydroxyl groups is 1. The van der Waals surface area contributed by atoms with E-state index in [1.807, 2.05) is 12.1 Å². The third-order valence-electron chi connectivity index (χ3n) is 2.43. The van der Waals surface area contributed by atoms with Gasteiger partial charge in [-0.05, 0) is 40.4 Å². The van der Waals surface area contributed by atoms with Crippen LogP contribution in [0.2, 0.25) is 0 Å². The van der Waals surface area contributed by atoms with Crippen molar-refractivity contribution in [2.75, 3.05) is 11.9 Å². The number of nitrogens with one attached hydrogen (secondary N) is 1. The summed E-state index contributed by atoms with van der Waals surface area (Å²) in [6, 6.07) is 6.40. The molecule has 1 aliphatic heterocycles. The Kier molecular flexibility index (Phi) is 2.56. The molecular weight excluding hydrogens is 230 g/mol. The number of aryl methyl sites for hydroxylation is 1. The molecule has 0 saturated heterocycles. The summed E-state index contributed by atoms with van der Waals surface area (Å²) in [4.78, 5) is 0. The maximum absolute atomic E-state index is 9.03. The van der Waals surface area contributed by atoms with Gasteiger partial charge in [0.1, 0.15) is 0 Å². The van der Waals surface area contributed by atoms with Crippen LogP contribution in [0.1, 0.15) is 12.0 Å². The maximum Gasteiger partial charge on any atom is 0.0632 e. The van der Waals surface area contributed by atoms with Gasteiger partial charge < -0.3 is 10.4 Å². The highest BCUT2D eigenvalue weighted by molar-refractivity contribution is 9.10. The second kappa shape index (κ2) is 3.68. The minimum atomic E-state index is 0.209. The minimum Gasteiger partial charge on any atom is -0.394 e. The highest BCUT2D eigenvalue weighted by Gasteiger charge is 2.17. The first-order valence-electron chi connectivity index (χ1n) is 4.46. The predicted molar refractivity (Wildman–Crippen MR) is 57.0 cm³/mol. The summed E-state index contributed by atoms with van der Waals surface area (Å²) in [5.41, 5.74) is 2.48. The number of para-hydroxylation sites is 1. The van der Waals surface area contributed by atoms with Crippen molar-refractivity contribution in [2.45, 2.75) is 18.9 Å². The van der Waals surface area contributed by atoms with Gasteiger partial charge in [0.2, 0.25) is 0 Å². The highest BCUT2D eigenvalue weighted by Crippen LogP contribution is 2.31. The zero-order valence-corrected chi connectivity index (χ0v) is 8.84. The lowest BCUT2D eigenvalue weighted by Gasteiger charge is -2.26. The van der Waals surface area contributed by atoms with Gasteiger partial charge >= 0.3 is 0 Å². The Morgan fingerprint density at radius 3 is 3.15 bits per heavy atom. The van der Waals surface area contributed by atoms with Gasteiger partial charge in [0, 0.05) is 10.5 Å². The van der Waals surface area contributed by atoms with Gasteiger partial charge in [0.15, 0.2) is 0 Å². The molecule has 0 amide bonds. The molecule has 3 heteroatoms. The minimum absolute atomic E-state index is 0.209. The molecule has 0 radical (unpaired) electrons. The molecule has 2 rings (SSSR count). The molecule has 0 unspecified atom stereocenters. The van der Waals surface area contributed by atoms with Crippen LogP contribution in [0.3, 0.4) is 0 Å². The molecule has 0 bridgehead atoms. The van der Waals surface area contributed by atoms with Crippen molar-refractivity contribution in [2.24, 2.45) is 0 Å². The van der Waals surface area contributed by atoms with E-state index in [4.69, 9.17) is 5.11 Å². The van der Waals surface area contributed by atoms with Crippen LogP contribution in [0.4, 0.5) is 5.69 Å². The van der Waals surface area contributed by atoms with E-state index in [1.54, 1.807) is 0 Å². The summed E-state index contributed by atoms with van der Waals surface area (Å²) in [6.07, 6.45) is 2.06. The Bertz CT molecular complexity index is 314. The van der Waals surface area contributed by atoms with Crippen LogP contribution in [-0.4, -0.2) is 17.8 Å². The summed E-state index contributed by atoms with van der Waals surface area (Å²) >= 11 is 3.49. The van der Waals surface area contributed by atoms with Crippen LogP contribution in [0, 0.1) is 0 Å². The van der Waals surface area contributed by atoms with E-state index in [0.717, 1.165) is 23.0 Å². The molecule has 0 spiro atoms. The summed E-state index contributed by atoms with van der Waals surface area (Å²) in [7, 11) is 0. The van der Waals surface area contributed by atoms with Crippen molar-refractivity contribution in [1.82, 2.24) is 0 Å². The molecule has 13 heavy (non-hydrogen) atoms. The van der Waals surface area contributed by atoms with E-state index in [1.165, 1.54) is 5.56 Å². The SMILES string of the molecule is OC[C@@H]1CCc2cccc(Br)c2N1. The number of benzene rings is 1. The average Bonchev–Trinajstić information content (AvgIpc) is 2.18. The monoisotopic (exact) mass is 241 g/mol. The molecule has 0 aromatic heterocycles. The third kappa shape index (κ3) is 1.71. The molecule has 1 heterocycles. The fourth-order valence-corrected chi connectivity index (χ4v) is 2.20. The summed E-state index contributed by atoms with van der Waals surface area (Å²) < 4.78 is 1.09. The van der Waals surface area contributed by atoms with E-state index in [-0.39, 0.29) is 12.6 Å². The number of halogens is 1. The van der Waals surface area contributed by atoms with E-state index in [0.29, 0.717) is 0 Å². The van der Waals surface area contributed by atoms with Gasteiger partial charge in [-0.1, -0.05) is 12.1 Å². The van der Waals surface area contributed by atoms with Gasteiger partial charge in [0.25, 0.3) is 0 Å². The largest absolute Gasteiger partial charge is 0.394 e. The molecule has 0 saturated carbocycles. The Hall–Kier alpha value is -0.540. The second-order valence-electron chi connectivity index (χ2n) is 3.34. The Morgan fingerprint density at radius 2 is 2.38 bits per heavy atom. The number of hydrogen-bond donors (Lipinski definition) is 2. The van der Waals surface area contributed by atoms with Crippen LogP contribution in [0.15, 0.2) is 22.7 Å². The van der Waals surface area contributed by atoms with Crippen molar-refractivity contribution in [3.05, 3.63) is 28.2 Å². The quantitative estimate of drug-likeness (QED) is 0.790. The van der Waals surface area contributed by atoms with Crippen LogP contribution in [0.25, 0.3) is 0 Å². The Balaban J connectivity index is 2.32. The standard InChI is InChI=1S/C10H12BrNO/c11-9-3-1-2-7-4-5-8(6-13)12-10(7)9/h1-3,8,12-13H,4-6H2/t8-/m0/s1. The zero-order valence-electron chi connectivity index (χ0n) is 7.26. The van der Waals surface area contributed by atoms with Crippen LogP contribution in [-0.2, 0) is 6.42 Å². The molecule has 1 aliphatic rings. The summed E-state index contributed by atoms with van der Waals surface area (Å²) in [5, 5.41) is 12.3. The average molecular weight is 242 g/mol. The fourth-order valence-electron chi connectivity index (χ4n) is 1.68. The zero-order chi connectivity index (χ0) is 9.26. The van der Waals surface area contributed by atoms with Crippen molar-refractivity contribution in [3.8, 4) is 0 Å². The molecule has 2 N–H and O–H groups in total. The van der Waals surface area contributed by atoms with Gasteiger partial charge in [-0.2, -0.15) is 0 Å². The van der Waals surface area contributed by atoms with E-state index in [9.17, 15) is 0 Å².